The molecule has 0 aromatic carbocycles. The van der Waals surface area contributed by atoms with Crippen LogP contribution in [-0.4, -0.2) is 25.8 Å². The highest BCUT2D eigenvalue weighted by molar-refractivity contribution is 5.79. The molecule has 0 radical (unpaired) electrons. The number of aromatic nitrogens is 3. The van der Waals surface area contributed by atoms with Gasteiger partial charge in [-0.2, -0.15) is 5.10 Å². The number of nitrogens with zero attached hydrogens (tertiary/aromatic N) is 3. The van der Waals surface area contributed by atoms with Gasteiger partial charge in [-0.15, -0.1) is 6.58 Å². The number of fused-ring (bicyclic) bond motifs is 1. The van der Waals surface area contributed by atoms with Crippen LogP contribution >= 0.6 is 0 Å². The van der Waals surface area contributed by atoms with E-state index in [-0.39, 0.29) is 5.97 Å². The van der Waals surface area contributed by atoms with E-state index in [0.29, 0.717) is 24.5 Å². The van der Waals surface area contributed by atoms with E-state index in [1.807, 2.05) is 0 Å². The molecule has 6 heteroatoms. The first-order valence-electron chi connectivity index (χ1n) is 6.37. The second-order valence-electron chi connectivity index (χ2n) is 5.06. The average Bonchev–Trinajstić information content (AvgIpc) is 2.80. The normalized spacial score (nSPS) is 27.6. The number of hydrogen-bond donors (Lipinski definition) is 1. The summed E-state index contributed by atoms with van der Waals surface area (Å²) < 4.78 is 6.93. The van der Waals surface area contributed by atoms with E-state index in [9.17, 15) is 9.90 Å². The highest BCUT2D eigenvalue weighted by Crippen LogP contribution is 2.35. The third-order valence-corrected chi connectivity index (χ3v) is 3.41. The average molecular weight is 265 g/mol. The van der Waals surface area contributed by atoms with Crippen LogP contribution in [0.15, 0.2) is 12.7 Å². The number of esters is 1. The van der Waals surface area contributed by atoms with E-state index in [2.05, 4.69) is 16.7 Å². The van der Waals surface area contributed by atoms with E-state index in [1.165, 1.54) is 0 Å². The van der Waals surface area contributed by atoms with Crippen LogP contribution in [0.1, 0.15) is 57.5 Å². The van der Waals surface area contributed by atoms with Crippen LogP contribution in [0.3, 0.4) is 0 Å². The second kappa shape index (κ2) is 4.77. The number of carbonyl (C=O) groups excluding carboxylic acids is 1. The maximum absolute atomic E-state index is 12.2. The van der Waals surface area contributed by atoms with Crippen molar-refractivity contribution < 1.29 is 14.6 Å². The minimum Gasteiger partial charge on any atom is -0.453 e. The molecule has 0 bridgehead atoms. The molecule has 1 aromatic heterocycles. The Kier molecular flexibility index (Phi) is 3.45. The Morgan fingerprint density at radius 1 is 1.68 bits per heavy atom. The summed E-state index contributed by atoms with van der Waals surface area (Å²) in [5.74, 6) is 0.559. The van der Waals surface area contributed by atoms with Crippen molar-refractivity contribution in [3.05, 3.63) is 24.3 Å². The van der Waals surface area contributed by atoms with Crippen molar-refractivity contribution >= 4 is 5.97 Å². The van der Waals surface area contributed by atoms with E-state index >= 15 is 0 Å². The molecule has 19 heavy (non-hydrogen) atoms. The fraction of sp³-hybridized carbons (Fsp3) is 0.615. The van der Waals surface area contributed by atoms with Gasteiger partial charge in [-0.1, -0.05) is 6.08 Å². The van der Waals surface area contributed by atoms with Gasteiger partial charge in [-0.25, -0.2) is 14.5 Å². The van der Waals surface area contributed by atoms with Gasteiger partial charge in [0.15, 0.2) is 23.3 Å². The summed E-state index contributed by atoms with van der Waals surface area (Å²) in [4.78, 5) is 16.4. The van der Waals surface area contributed by atoms with Gasteiger partial charge in [0.1, 0.15) is 6.10 Å². The first-order valence-corrected chi connectivity index (χ1v) is 6.37. The predicted molar refractivity (Wildman–Crippen MR) is 68.2 cm³/mol. The van der Waals surface area contributed by atoms with Gasteiger partial charge in [-0.3, -0.25) is 0 Å². The monoisotopic (exact) mass is 265 g/mol. The molecule has 2 rings (SSSR count). The second-order valence-corrected chi connectivity index (χ2v) is 5.06. The maximum Gasteiger partial charge on any atom is 0.334 e. The summed E-state index contributed by atoms with van der Waals surface area (Å²) in [6.07, 6.45) is 1.73. The summed E-state index contributed by atoms with van der Waals surface area (Å²) in [5.41, 5.74) is -0.893. The Morgan fingerprint density at radius 3 is 2.95 bits per heavy atom. The van der Waals surface area contributed by atoms with Crippen molar-refractivity contribution in [2.75, 3.05) is 0 Å². The number of aliphatic hydroxyl groups is 1. The van der Waals surface area contributed by atoms with Crippen LogP contribution in [0.4, 0.5) is 0 Å². The number of cyclic esters (lactones) is 1. The zero-order valence-electron chi connectivity index (χ0n) is 11.5. The van der Waals surface area contributed by atoms with E-state index in [4.69, 9.17) is 4.74 Å². The number of ether oxygens (including phenoxy) is 1. The highest BCUT2D eigenvalue weighted by Gasteiger charge is 2.45. The molecule has 0 aliphatic carbocycles. The number of rotatable bonds is 4. The lowest BCUT2D eigenvalue weighted by atomic mass is 9.94. The van der Waals surface area contributed by atoms with Gasteiger partial charge < -0.3 is 9.84 Å². The third-order valence-electron chi connectivity index (χ3n) is 3.41. The summed E-state index contributed by atoms with van der Waals surface area (Å²) >= 11 is 0. The minimum absolute atomic E-state index is 0.310. The van der Waals surface area contributed by atoms with Crippen molar-refractivity contribution in [1.82, 2.24) is 14.8 Å². The number of carbonyl (C=O) groups is 1. The molecule has 1 aliphatic rings. The summed E-state index contributed by atoms with van der Waals surface area (Å²) in [7, 11) is 0. The summed E-state index contributed by atoms with van der Waals surface area (Å²) in [6.45, 7) is 8.78. The Bertz CT molecular complexity index is 509. The van der Waals surface area contributed by atoms with Crippen LogP contribution in [-0.2, 0) is 15.1 Å². The standard InChI is InChI=1S/C13H19N3O3/c1-5-6-7-13(4)12(18)19-9(3)11-14-10(8(2)17)15-16(11)13/h5,8-9,17H,1,6-7H2,2-4H3/t8-,9-,13+/m0/s1. The first kappa shape index (κ1) is 13.7. The Morgan fingerprint density at radius 2 is 2.37 bits per heavy atom. The smallest absolute Gasteiger partial charge is 0.334 e. The molecule has 1 aromatic rings. The van der Waals surface area contributed by atoms with Crippen LogP contribution in [0.5, 0.6) is 0 Å². The number of hydrogen-bond acceptors (Lipinski definition) is 5. The lowest BCUT2D eigenvalue weighted by Gasteiger charge is -2.34. The van der Waals surface area contributed by atoms with Gasteiger partial charge in [0.25, 0.3) is 0 Å². The quantitative estimate of drug-likeness (QED) is 0.661. The van der Waals surface area contributed by atoms with Crippen LogP contribution < -0.4 is 0 Å². The Labute approximate surface area is 112 Å². The lowest BCUT2D eigenvalue weighted by Crippen LogP contribution is -2.46. The van der Waals surface area contributed by atoms with Gasteiger partial charge in [-0.05, 0) is 33.6 Å². The van der Waals surface area contributed by atoms with Crippen molar-refractivity contribution in [3.8, 4) is 0 Å². The van der Waals surface area contributed by atoms with Crippen molar-refractivity contribution in [2.24, 2.45) is 0 Å². The molecule has 3 atom stereocenters. The zero-order chi connectivity index (χ0) is 14.2. The van der Waals surface area contributed by atoms with Crippen LogP contribution in [0.2, 0.25) is 0 Å². The summed E-state index contributed by atoms with van der Waals surface area (Å²) in [6, 6.07) is 0. The number of allylic oxidation sites excluding steroid dienone is 1. The molecule has 0 saturated carbocycles. The van der Waals surface area contributed by atoms with Crippen LogP contribution in [0, 0.1) is 0 Å². The van der Waals surface area contributed by atoms with Crippen molar-refractivity contribution in [1.29, 1.82) is 0 Å². The van der Waals surface area contributed by atoms with Crippen molar-refractivity contribution in [3.63, 3.8) is 0 Å². The molecule has 0 fully saturated rings. The molecular weight excluding hydrogens is 246 g/mol. The fourth-order valence-electron chi connectivity index (χ4n) is 2.16. The van der Waals surface area contributed by atoms with E-state index in [0.717, 1.165) is 0 Å². The molecule has 1 N–H and O–H groups in total. The fourth-order valence-corrected chi connectivity index (χ4v) is 2.16. The van der Waals surface area contributed by atoms with Gasteiger partial charge in [0.2, 0.25) is 0 Å². The zero-order valence-corrected chi connectivity index (χ0v) is 11.5. The molecule has 0 spiro atoms. The molecule has 1 aliphatic heterocycles. The van der Waals surface area contributed by atoms with Gasteiger partial charge >= 0.3 is 5.97 Å². The molecular formula is C13H19N3O3. The molecule has 104 valence electrons. The van der Waals surface area contributed by atoms with Crippen LogP contribution in [0.25, 0.3) is 0 Å². The van der Waals surface area contributed by atoms with Gasteiger partial charge in [0.05, 0.1) is 0 Å². The molecule has 0 saturated heterocycles. The molecule has 0 amide bonds. The topological polar surface area (TPSA) is 77.2 Å². The molecule has 0 unspecified atom stereocenters. The largest absolute Gasteiger partial charge is 0.453 e. The minimum atomic E-state index is -0.893. The molecule has 6 nitrogen and oxygen atoms in total. The number of aliphatic hydroxyl groups excluding tert-OH is 1. The van der Waals surface area contributed by atoms with Gasteiger partial charge in [0, 0.05) is 0 Å². The van der Waals surface area contributed by atoms with Crippen molar-refractivity contribution in [2.45, 2.75) is 51.4 Å². The molecule has 2 heterocycles. The third kappa shape index (κ3) is 2.16. The maximum atomic E-state index is 12.2. The summed E-state index contributed by atoms with van der Waals surface area (Å²) in [5, 5.41) is 13.9. The predicted octanol–water partition coefficient (Wildman–Crippen LogP) is 1.63. The Hall–Kier alpha value is -1.69. The highest BCUT2D eigenvalue weighted by atomic mass is 16.5. The Balaban J connectivity index is 2.49. The first-order chi connectivity index (χ1) is 8.90. The van der Waals surface area contributed by atoms with E-state index in [1.54, 1.807) is 31.5 Å². The lowest BCUT2D eigenvalue weighted by molar-refractivity contribution is -0.165. The SMILES string of the molecule is C=CCC[C@]1(C)C(=O)O[C@@H](C)c2nc([C@H](C)O)nn21. The van der Waals surface area contributed by atoms with E-state index < -0.39 is 17.7 Å².